The van der Waals surface area contributed by atoms with Crippen LogP contribution < -0.4 is 0 Å². The summed E-state index contributed by atoms with van der Waals surface area (Å²) >= 11 is 5.65. The summed E-state index contributed by atoms with van der Waals surface area (Å²) in [5.41, 5.74) is 0. The molecule has 1 unspecified atom stereocenters. The van der Waals surface area contributed by atoms with Crippen molar-refractivity contribution < 1.29 is 4.74 Å². The van der Waals surface area contributed by atoms with Gasteiger partial charge in [-0.15, -0.1) is 21.8 Å². The second kappa shape index (κ2) is 4.42. The molecule has 0 amide bonds. The second-order valence-corrected chi connectivity index (χ2v) is 2.86. The minimum atomic E-state index is 0.235. The summed E-state index contributed by atoms with van der Waals surface area (Å²) in [6.07, 6.45) is 1.67. The molecule has 0 aromatic carbocycles. The third-order valence-corrected chi connectivity index (χ3v) is 1.89. The lowest BCUT2D eigenvalue weighted by atomic mass is 10.3. The van der Waals surface area contributed by atoms with Crippen LogP contribution >= 0.6 is 11.6 Å². The number of alkyl halides is 1. The highest BCUT2D eigenvalue weighted by atomic mass is 35.5. The molecule has 0 aliphatic carbocycles. The maximum absolute atomic E-state index is 5.65. The lowest BCUT2D eigenvalue weighted by Gasteiger charge is -2.12. The van der Waals surface area contributed by atoms with Crippen molar-refractivity contribution in [3.8, 4) is 0 Å². The molecule has 0 N–H and O–H groups in total. The van der Waals surface area contributed by atoms with Gasteiger partial charge in [0.2, 0.25) is 0 Å². The van der Waals surface area contributed by atoms with Crippen LogP contribution in [-0.4, -0.2) is 28.5 Å². The zero-order chi connectivity index (χ0) is 8.97. The number of hydrogen-bond donors (Lipinski definition) is 0. The van der Waals surface area contributed by atoms with Gasteiger partial charge in [0.15, 0.2) is 0 Å². The quantitative estimate of drug-likeness (QED) is 0.669. The molecule has 68 valence electrons. The van der Waals surface area contributed by atoms with Gasteiger partial charge in [-0.3, -0.25) is 0 Å². The Bertz CT molecular complexity index is 238. The molecule has 1 aromatic rings. The Balaban J connectivity index is 2.71. The average molecular weight is 190 g/mol. The highest BCUT2D eigenvalue weighted by molar-refractivity contribution is 6.16. The molecule has 5 heteroatoms. The van der Waals surface area contributed by atoms with E-state index in [0.29, 0.717) is 12.5 Å². The summed E-state index contributed by atoms with van der Waals surface area (Å²) < 4.78 is 6.92. The van der Waals surface area contributed by atoms with Gasteiger partial charge in [-0.1, -0.05) is 0 Å². The first-order valence-electron chi connectivity index (χ1n) is 3.73. The first kappa shape index (κ1) is 9.48. The lowest BCUT2D eigenvalue weighted by Crippen LogP contribution is -2.12. The molecule has 1 heterocycles. The molecule has 1 aromatic heterocycles. The van der Waals surface area contributed by atoms with Gasteiger partial charge in [-0.2, -0.15) is 0 Å². The Labute approximate surface area is 76.5 Å². The van der Waals surface area contributed by atoms with Crippen molar-refractivity contribution in [3.05, 3.63) is 12.2 Å². The van der Waals surface area contributed by atoms with E-state index in [-0.39, 0.29) is 6.04 Å². The van der Waals surface area contributed by atoms with Crippen molar-refractivity contribution in [2.24, 2.45) is 0 Å². The molecule has 0 saturated carbocycles. The summed E-state index contributed by atoms with van der Waals surface area (Å²) in [4.78, 5) is 0. The first-order valence-corrected chi connectivity index (χ1v) is 4.26. The fourth-order valence-corrected chi connectivity index (χ4v) is 1.24. The molecule has 0 radical (unpaired) electrons. The molecule has 0 bridgehead atoms. The Kier molecular flexibility index (Phi) is 3.49. The van der Waals surface area contributed by atoms with E-state index >= 15 is 0 Å². The van der Waals surface area contributed by atoms with Crippen molar-refractivity contribution in [1.82, 2.24) is 14.8 Å². The van der Waals surface area contributed by atoms with Gasteiger partial charge in [0.1, 0.15) is 12.2 Å². The van der Waals surface area contributed by atoms with Crippen molar-refractivity contribution in [3.63, 3.8) is 0 Å². The van der Waals surface area contributed by atoms with Crippen LogP contribution in [0.5, 0.6) is 0 Å². The second-order valence-electron chi connectivity index (χ2n) is 2.59. The van der Waals surface area contributed by atoms with Gasteiger partial charge in [0.25, 0.3) is 0 Å². The summed E-state index contributed by atoms with van der Waals surface area (Å²) in [7, 11) is 1.67. The van der Waals surface area contributed by atoms with E-state index in [4.69, 9.17) is 16.3 Å². The van der Waals surface area contributed by atoms with Crippen LogP contribution in [0.3, 0.4) is 0 Å². The van der Waals surface area contributed by atoms with E-state index < -0.39 is 0 Å². The van der Waals surface area contributed by atoms with Gasteiger partial charge >= 0.3 is 0 Å². The number of nitrogens with zero attached hydrogens (tertiary/aromatic N) is 3. The molecule has 0 saturated heterocycles. The number of halogens is 1. The zero-order valence-electron chi connectivity index (χ0n) is 7.20. The van der Waals surface area contributed by atoms with Crippen molar-refractivity contribution in [2.75, 3.05) is 13.7 Å². The molecule has 0 aliphatic rings. The maximum Gasteiger partial charge on any atom is 0.148 e. The van der Waals surface area contributed by atoms with E-state index in [2.05, 4.69) is 10.2 Å². The highest BCUT2D eigenvalue weighted by Crippen LogP contribution is 2.09. The predicted octanol–water partition coefficient (Wildman–Crippen LogP) is 1.22. The number of aromatic nitrogens is 3. The summed E-state index contributed by atoms with van der Waals surface area (Å²) in [5, 5.41) is 7.63. The standard InChI is InChI=1S/C7H12ClN3O/c1-6(4-12-2)11-5-9-10-7(11)3-8/h5-6H,3-4H2,1-2H3. The molecule has 12 heavy (non-hydrogen) atoms. The average Bonchev–Trinajstić information content (AvgIpc) is 2.51. The topological polar surface area (TPSA) is 39.9 Å². The van der Waals surface area contributed by atoms with Gasteiger partial charge < -0.3 is 9.30 Å². The molecule has 1 atom stereocenters. The van der Waals surface area contributed by atoms with Crippen LogP contribution in [0, 0.1) is 0 Å². The third kappa shape index (κ3) is 1.95. The fraction of sp³-hybridized carbons (Fsp3) is 0.714. The first-order chi connectivity index (χ1) is 5.79. The molecular formula is C7H12ClN3O. The van der Waals surface area contributed by atoms with E-state index in [1.165, 1.54) is 0 Å². The van der Waals surface area contributed by atoms with E-state index in [1.807, 2.05) is 11.5 Å². The molecule has 0 spiro atoms. The van der Waals surface area contributed by atoms with Gasteiger partial charge in [0.05, 0.1) is 18.5 Å². The van der Waals surface area contributed by atoms with E-state index in [1.54, 1.807) is 13.4 Å². The Hall–Kier alpha value is -0.610. The minimum absolute atomic E-state index is 0.235. The van der Waals surface area contributed by atoms with Crippen LogP contribution in [0.1, 0.15) is 18.8 Å². The van der Waals surface area contributed by atoms with E-state index in [9.17, 15) is 0 Å². The Morgan fingerprint density at radius 1 is 1.75 bits per heavy atom. The van der Waals surface area contributed by atoms with Crippen molar-refractivity contribution in [2.45, 2.75) is 18.8 Å². The molecule has 1 rings (SSSR count). The van der Waals surface area contributed by atoms with Crippen molar-refractivity contribution >= 4 is 11.6 Å². The highest BCUT2D eigenvalue weighted by Gasteiger charge is 2.08. The minimum Gasteiger partial charge on any atom is -0.383 e. The Morgan fingerprint density at radius 3 is 3.08 bits per heavy atom. The van der Waals surface area contributed by atoms with Gasteiger partial charge in [0, 0.05) is 7.11 Å². The van der Waals surface area contributed by atoms with Crippen LogP contribution in [0.4, 0.5) is 0 Å². The predicted molar refractivity (Wildman–Crippen MR) is 46.2 cm³/mol. The monoisotopic (exact) mass is 189 g/mol. The smallest absolute Gasteiger partial charge is 0.148 e. The number of rotatable bonds is 4. The summed E-state index contributed by atoms with van der Waals surface area (Å²) in [6, 6.07) is 0.235. The van der Waals surface area contributed by atoms with Crippen LogP contribution in [0.15, 0.2) is 6.33 Å². The largest absolute Gasteiger partial charge is 0.383 e. The van der Waals surface area contributed by atoms with Crippen molar-refractivity contribution in [1.29, 1.82) is 0 Å². The SMILES string of the molecule is COCC(C)n1cnnc1CCl. The molecule has 0 fully saturated rings. The lowest BCUT2D eigenvalue weighted by molar-refractivity contribution is 0.161. The third-order valence-electron chi connectivity index (χ3n) is 1.65. The van der Waals surface area contributed by atoms with Gasteiger partial charge in [-0.05, 0) is 6.92 Å². The number of hydrogen-bond acceptors (Lipinski definition) is 3. The number of methoxy groups -OCH3 is 1. The summed E-state index contributed by atoms with van der Waals surface area (Å²) in [5.74, 6) is 1.16. The Morgan fingerprint density at radius 2 is 2.50 bits per heavy atom. The van der Waals surface area contributed by atoms with Crippen LogP contribution in [-0.2, 0) is 10.6 Å². The fourth-order valence-electron chi connectivity index (χ4n) is 1.05. The van der Waals surface area contributed by atoms with Crippen LogP contribution in [0.2, 0.25) is 0 Å². The maximum atomic E-state index is 5.65. The van der Waals surface area contributed by atoms with E-state index in [0.717, 1.165) is 5.82 Å². The van der Waals surface area contributed by atoms with Crippen LogP contribution in [0.25, 0.3) is 0 Å². The normalized spacial score (nSPS) is 13.2. The molecule has 0 aliphatic heterocycles. The molecular weight excluding hydrogens is 178 g/mol. The zero-order valence-corrected chi connectivity index (χ0v) is 7.95. The number of ether oxygens (including phenoxy) is 1. The summed E-state index contributed by atoms with van der Waals surface area (Å²) in [6.45, 7) is 2.67. The molecule has 4 nitrogen and oxygen atoms in total. The van der Waals surface area contributed by atoms with Gasteiger partial charge in [-0.25, -0.2) is 0 Å².